The monoisotopic (exact) mass is 374 g/mol. The molecule has 0 bridgehead atoms. The van der Waals surface area contributed by atoms with Crippen LogP contribution >= 0.6 is 0 Å². The maximum absolute atomic E-state index is 12.6. The zero-order valence-electron chi connectivity index (χ0n) is 12.4. The van der Waals surface area contributed by atoms with Crippen molar-refractivity contribution in [2.75, 3.05) is 13.2 Å². The first-order valence-corrected chi connectivity index (χ1v) is 8.52. The standard InChI is InChI=1S/C12H22O11S/c13-1-3-5(15)7(17)9(19)11(22-3)24(21)12-10(20)8(18)6(16)4(2-14)23-12/h3-20H,1-2H2/t3-,4-,5+,6+,7+,8+,9-,10-,11?,12?,24?/m1/s1. The number of hydrogen-bond acceptors (Lipinski definition) is 11. The molecule has 24 heavy (non-hydrogen) atoms. The Morgan fingerprint density at radius 1 is 0.625 bits per heavy atom. The molecule has 2 saturated heterocycles. The third-order valence-corrected chi connectivity index (χ3v) is 5.85. The first-order chi connectivity index (χ1) is 11.2. The Morgan fingerprint density at radius 2 is 0.958 bits per heavy atom. The Morgan fingerprint density at radius 3 is 1.25 bits per heavy atom. The maximum Gasteiger partial charge on any atom is 0.164 e. The van der Waals surface area contributed by atoms with Gasteiger partial charge in [0.15, 0.2) is 10.9 Å². The predicted molar refractivity (Wildman–Crippen MR) is 75.7 cm³/mol. The van der Waals surface area contributed by atoms with Crippen molar-refractivity contribution in [3.8, 4) is 0 Å². The topological polar surface area (TPSA) is 197 Å². The summed E-state index contributed by atoms with van der Waals surface area (Å²) in [4.78, 5) is 0. The van der Waals surface area contributed by atoms with Crippen LogP contribution in [-0.4, -0.2) is 118 Å². The van der Waals surface area contributed by atoms with E-state index in [-0.39, 0.29) is 0 Å². The lowest BCUT2D eigenvalue weighted by Crippen LogP contribution is -2.64. The summed E-state index contributed by atoms with van der Waals surface area (Å²) in [7, 11) is -2.38. The molecule has 0 saturated carbocycles. The summed E-state index contributed by atoms with van der Waals surface area (Å²) >= 11 is 0. The minimum absolute atomic E-state index is 0.729. The van der Waals surface area contributed by atoms with Gasteiger partial charge in [0.25, 0.3) is 0 Å². The van der Waals surface area contributed by atoms with Gasteiger partial charge in [-0.05, 0) is 0 Å². The van der Waals surface area contributed by atoms with Gasteiger partial charge in [-0.15, -0.1) is 0 Å². The van der Waals surface area contributed by atoms with Crippen LogP contribution in [0.15, 0.2) is 0 Å². The minimum atomic E-state index is -2.38. The fourth-order valence-electron chi connectivity index (χ4n) is 2.65. The zero-order valence-corrected chi connectivity index (χ0v) is 13.2. The summed E-state index contributed by atoms with van der Waals surface area (Å²) in [5, 5.41) is 76.9. The van der Waals surface area contributed by atoms with E-state index in [1.165, 1.54) is 0 Å². The van der Waals surface area contributed by atoms with Gasteiger partial charge in [-0.1, -0.05) is 0 Å². The molecule has 10 atom stereocenters. The number of aliphatic hydroxyl groups excluding tert-OH is 8. The molecule has 2 rings (SSSR count). The molecule has 0 spiro atoms. The van der Waals surface area contributed by atoms with E-state index in [1.807, 2.05) is 0 Å². The van der Waals surface area contributed by atoms with Crippen molar-refractivity contribution in [2.45, 2.75) is 59.7 Å². The molecule has 11 nitrogen and oxygen atoms in total. The molecule has 2 heterocycles. The van der Waals surface area contributed by atoms with Gasteiger partial charge in [0.05, 0.1) is 24.0 Å². The van der Waals surface area contributed by atoms with Crippen LogP contribution in [0.2, 0.25) is 0 Å². The molecular formula is C12H22O11S. The Kier molecular flexibility index (Phi) is 6.66. The van der Waals surface area contributed by atoms with Crippen LogP contribution in [0.4, 0.5) is 0 Å². The van der Waals surface area contributed by atoms with E-state index in [0.29, 0.717) is 0 Å². The van der Waals surface area contributed by atoms with Crippen molar-refractivity contribution >= 4 is 10.8 Å². The van der Waals surface area contributed by atoms with Gasteiger partial charge in [0.2, 0.25) is 0 Å². The summed E-state index contributed by atoms with van der Waals surface area (Å²) < 4.78 is 22.8. The summed E-state index contributed by atoms with van der Waals surface area (Å²) in [5.41, 5.74) is -3.30. The molecule has 2 aliphatic heterocycles. The third kappa shape index (κ3) is 3.50. The van der Waals surface area contributed by atoms with Crippen molar-refractivity contribution < 1.29 is 54.5 Å². The highest BCUT2D eigenvalue weighted by Crippen LogP contribution is 2.30. The van der Waals surface area contributed by atoms with Gasteiger partial charge < -0.3 is 50.3 Å². The molecule has 0 radical (unpaired) electrons. The Balaban J connectivity index is 2.20. The molecule has 2 unspecified atom stereocenters. The van der Waals surface area contributed by atoms with Crippen molar-refractivity contribution in [2.24, 2.45) is 0 Å². The average molecular weight is 374 g/mol. The van der Waals surface area contributed by atoms with E-state index >= 15 is 0 Å². The van der Waals surface area contributed by atoms with Gasteiger partial charge in [0, 0.05) is 0 Å². The van der Waals surface area contributed by atoms with Gasteiger partial charge in [-0.25, -0.2) is 0 Å². The maximum atomic E-state index is 12.6. The summed E-state index contributed by atoms with van der Waals surface area (Å²) in [6.45, 7) is -1.46. The fraction of sp³-hybridized carbons (Fsp3) is 1.00. The lowest BCUT2D eigenvalue weighted by atomic mass is 10.0. The molecule has 12 heteroatoms. The minimum Gasteiger partial charge on any atom is -0.394 e. The molecule has 0 aromatic heterocycles. The molecule has 2 aliphatic rings. The Labute approximate surface area is 139 Å². The number of hydrogen-bond donors (Lipinski definition) is 8. The van der Waals surface area contributed by atoms with Crippen molar-refractivity contribution in [3.63, 3.8) is 0 Å². The molecule has 0 amide bonds. The first kappa shape index (κ1) is 20.1. The van der Waals surface area contributed by atoms with Crippen LogP contribution in [-0.2, 0) is 20.3 Å². The molecule has 142 valence electrons. The van der Waals surface area contributed by atoms with E-state index in [9.17, 15) is 34.8 Å². The van der Waals surface area contributed by atoms with Crippen LogP contribution in [0.1, 0.15) is 0 Å². The van der Waals surface area contributed by atoms with Gasteiger partial charge >= 0.3 is 0 Å². The van der Waals surface area contributed by atoms with Crippen LogP contribution in [0, 0.1) is 0 Å². The van der Waals surface area contributed by atoms with Crippen molar-refractivity contribution in [1.82, 2.24) is 0 Å². The van der Waals surface area contributed by atoms with Crippen LogP contribution in [0.25, 0.3) is 0 Å². The van der Waals surface area contributed by atoms with Crippen LogP contribution in [0.5, 0.6) is 0 Å². The van der Waals surface area contributed by atoms with E-state index in [4.69, 9.17) is 19.7 Å². The Hall–Kier alpha value is -0.250. The van der Waals surface area contributed by atoms with E-state index in [1.54, 1.807) is 0 Å². The first-order valence-electron chi connectivity index (χ1n) is 7.25. The SMILES string of the molecule is O=S(C1O[C@H](CO)[C@H](O)[C@H](O)[C@H]1O)C1O[C@H](CO)[C@H](O)[C@H](O)[C@H]1O. The van der Waals surface area contributed by atoms with Gasteiger partial charge in [-0.3, -0.25) is 4.21 Å². The average Bonchev–Trinajstić information content (AvgIpc) is 2.58. The zero-order chi connectivity index (χ0) is 18.2. The largest absolute Gasteiger partial charge is 0.394 e. The summed E-state index contributed by atoms with van der Waals surface area (Å²) in [5.74, 6) is 0. The lowest BCUT2D eigenvalue weighted by Gasteiger charge is -2.44. The van der Waals surface area contributed by atoms with Gasteiger partial charge in [0.1, 0.15) is 48.8 Å². The van der Waals surface area contributed by atoms with E-state index in [2.05, 4.69) is 0 Å². The summed E-state index contributed by atoms with van der Waals surface area (Å²) in [6, 6.07) is 0. The van der Waals surface area contributed by atoms with E-state index < -0.39 is 83.7 Å². The van der Waals surface area contributed by atoms with E-state index in [0.717, 1.165) is 0 Å². The lowest BCUT2D eigenvalue weighted by molar-refractivity contribution is -0.217. The second-order valence-corrected chi connectivity index (χ2v) is 7.31. The molecular weight excluding hydrogens is 352 g/mol. The molecule has 8 N–H and O–H groups in total. The smallest absolute Gasteiger partial charge is 0.164 e. The van der Waals surface area contributed by atoms with Crippen molar-refractivity contribution in [3.05, 3.63) is 0 Å². The Bertz CT molecular complexity index is 409. The second kappa shape index (κ2) is 7.97. The highest BCUT2D eigenvalue weighted by atomic mass is 32.2. The number of ether oxygens (including phenoxy) is 2. The highest BCUT2D eigenvalue weighted by molar-refractivity contribution is 7.86. The third-order valence-electron chi connectivity index (χ3n) is 4.15. The molecule has 0 aromatic carbocycles. The molecule has 0 aliphatic carbocycles. The molecule has 2 fully saturated rings. The van der Waals surface area contributed by atoms with Gasteiger partial charge in [-0.2, -0.15) is 0 Å². The second-order valence-electron chi connectivity index (χ2n) is 5.72. The quantitative estimate of drug-likeness (QED) is 0.233. The van der Waals surface area contributed by atoms with Crippen LogP contribution in [0.3, 0.4) is 0 Å². The predicted octanol–water partition coefficient (Wildman–Crippen LogP) is -5.67. The van der Waals surface area contributed by atoms with Crippen LogP contribution < -0.4 is 0 Å². The fourth-order valence-corrected chi connectivity index (χ4v) is 4.29. The normalized spacial score (nSPS) is 51.3. The highest BCUT2D eigenvalue weighted by Gasteiger charge is 2.52. The molecule has 0 aromatic rings. The number of aliphatic hydroxyl groups is 8. The summed E-state index contributed by atoms with van der Waals surface area (Å²) in [6.07, 6.45) is -13.1. The number of rotatable bonds is 4. The van der Waals surface area contributed by atoms with Crippen molar-refractivity contribution in [1.29, 1.82) is 0 Å².